The van der Waals surface area contributed by atoms with Crippen LogP contribution in [-0.4, -0.2) is 41.9 Å². The zero-order valence-electron chi connectivity index (χ0n) is 9.58. The van der Waals surface area contributed by atoms with E-state index in [1.807, 2.05) is 4.90 Å². The van der Waals surface area contributed by atoms with Gasteiger partial charge in [0.25, 0.3) is 0 Å². The number of halogens is 1. The van der Waals surface area contributed by atoms with Gasteiger partial charge in [-0.05, 0) is 12.2 Å². The van der Waals surface area contributed by atoms with Crippen molar-refractivity contribution in [3.05, 3.63) is 36.8 Å². The quantitative estimate of drug-likeness (QED) is 0.681. The van der Waals surface area contributed by atoms with Crippen LogP contribution in [0.5, 0.6) is 0 Å². The van der Waals surface area contributed by atoms with Gasteiger partial charge in [-0.3, -0.25) is 4.79 Å². The van der Waals surface area contributed by atoms with E-state index in [4.69, 9.17) is 0 Å². The van der Waals surface area contributed by atoms with Crippen LogP contribution in [0, 0.1) is 0 Å². The molecule has 0 saturated carbocycles. The Morgan fingerprint density at radius 3 is 2.12 bits per heavy atom. The molecule has 0 spiro atoms. The van der Waals surface area contributed by atoms with E-state index in [1.165, 1.54) is 6.08 Å². The second kappa shape index (κ2) is 5.49. The van der Waals surface area contributed by atoms with Crippen LogP contribution in [-0.2, 0) is 4.79 Å². The monoisotopic (exact) mass is 224 g/mol. The van der Waals surface area contributed by atoms with E-state index in [-0.39, 0.29) is 5.91 Å². The highest BCUT2D eigenvalue weighted by Gasteiger charge is 2.18. The SMILES string of the molecule is C=CC(=CC(=C)F)N1CCN(C(C)=O)CC1. The fourth-order valence-electron chi connectivity index (χ4n) is 1.72. The molecule has 88 valence electrons. The summed E-state index contributed by atoms with van der Waals surface area (Å²) in [6.45, 7) is 11.1. The maximum atomic E-state index is 12.7. The average Bonchev–Trinajstić information content (AvgIpc) is 2.25. The lowest BCUT2D eigenvalue weighted by molar-refractivity contribution is -0.130. The molecule has 4 heteroatoms. The maximum Gasteiger partial charge on any atom is 0.219 e. The normalized spacial score (nSPS) is 17.2. The molecule has 16 heavy (non-hydrogen) atoms. The van der Waals surface area contributed by atoms with Gasteiger partial charge in [0.1, 0.15) is 5.83 Å². The number of amides is 1. The summed E-state index contributed by atoms with van der Waals surface area (Å²) in [5.41, 5.74) is 0.718. The standard InChI is InChI=1S/C12H17FN2O/c1-4-12(9-10(2)13)15-7-5-14(6-8-15)11(3)16/h4,9H,1-2,5-8H2,3H3. The van der Waals surface area contributed by atoms with Gasteiger partial charge in [0.05, 0.1) is 0 Å². The summed E-state index contributed by atoms with van der Waals surface area (Å²) in [5, 5.41) is 0. The number of hydrogen-bond donors (Lipinski definition) is 0. The highest BCUT2D eigenvalue weighted by molar-refractivity contribution is 5.73. The van der Waals surface area contributed by atoms with Crippen LogP contribution in [0.4, 0.5) is 4.39 Å². The molecule has 1 fully saturated rings. The smallest absolute Gasteiger partial charge is 0.219 e. The summed E-state index contributed by atoms with van der Waals surface area (Å²) in [6.07, 6.45) is 2.96. The third-order valence-corrected chi connectivity index (χ3v) is 2.60. The Bertz CT molecular complexity index is 328. The van der Waals surface area contributed by atoms with Crippen LogP contribution in [0.1, 0.15) is 6.92 Å². The Morgan fingerprint density at radius 1 is 1.25 bits per heavy atom. The molecule has 0 aromatic rings. The van der Waals surface area contributed by atoms with E-state index in [0.717, 1.165) is 5.70 Å². The Labute approximate surface area is 95.5 Å². The first-order chi connectivity index (χ1) is 7.54. The predicted molar refractivity (Wildman–Crippen MR) is 62.4 cm³/mol. The van der Waals surface area contributed by atoms with E-state index in [9.17, 15) is 9.18 Å². The predicted octanol–water partition coefficient (Wildman–Crippen LogP) is 1.70. The molecule has 0 aromatic carbocycles. The minimum atomic E-state index is -0.483. The minimum Gasteiger partial charge on any atom is -0.368 e. The van der Waals surface area contributed by atoms with Crippen molar-refractivity contribution in [3.8, 4) is 0 Å². The molecule has 1 rings (SSSR count). The molecule has 0 aliphatic carbocycles. The number of carbonyl (C=O) groups excluding carboxylic acids is 1. The van der Waals surface area contributed by atoms with Gasteiger partial charge in [0, 0.05) is 38.8 Å². The molecule has 1 amide bonds. The molecule has 0 bridgehead atoms. The average molecular weight is 224 g/mol. The van der Waals surface area contributed by atoms with Gasteiger partial charge in [-0.2, -0.15) is 0 Å². The first kappa shape index (κ1) is 12.5. The van der Waals surface area contributed by atoms with E-state index in [1.54, 1.807) is 17.9 Å². The molecule has 0 radical (unpaired) electrons. The molecule has 0 atom stereocenters. The van der Waals surface area contributed by atoms with Gasteiger partial charge in [-0.1, -0.05) is 13.2 Å². The number of nitrogens with zero attached hydrogens (tertiary/aromatic N) is 2. The highest BCUT2D eigenvalue weighted by atomic mass is 19.1. The number of carbonyl (C=O) groups is 1. The van der Waals surface area contributed by atoms with Crippen molar-refractivity contribution in [2.75, 3.05) is 26.2 Å². The Kier molecular flexibility index (Phi) is 4.28. The van der Waals surface area contributed by atoms with Gasteiger partial charge in [-0.15, -0.1) is 0 Å². The van der Waals surface area contributed by atoms with Crippen LogP contribution in [0.25, 0.3) is 0 Å². The summed E-state index contributed by atoms with van der Waals surface area (Å²) in [6, 6.07) is 0. The Morgan fingerprint density at radius 2 is 1.75 bits per heavy atom. The summed E-state index contributed by atoms with van der Waals surface area (Å²) in [5.74, 6) is -0.400. The number of hydrogen-bond acceptors (Lipinski definition) is 2. The molecule has 0 aromatic heterocycles. The second-order valence-corrected chi connectivity index (χ2v) is 3.71. The van der Waals surface area contributed by atoms with Crippen LogP contribution < -0.4 is 0 Å². The van der Waals surface area contributed by atoms with E-state index in [0.29, 0.717) is 26.2 Å². The molecule has 0 unspecified atom stereocenters. The summed E-state index contributed by atoms with van der Waals surface area (Å²) >= 11 is 0. The molecular weight excluding hydrogens is 207 g/mol. The second-order valence-electron chi connectivity index (χ2n) is 3.71. The van der Waals surface area contributed by atoms with E-state index >= 15 is 0 Å². The zero-order chi connectivity index (χ0) is 12.1. The van der Waals surface area contributed by atoms with Crippen LogP contribution in [0.2, 0.25) is 0 Å². The minimum absolute atomic E-state index is 0.0821. The fraction of sp³-hybridized carbons (Fsp3) is 0.417. The molecule has 1 saturated heterocycles. The van der Waals surface area contributed by atoms with Crippen molar-refractivity contribution >= 4 is 5.91 Å². The first-order valence-corrected chi connectivity index (χ1v) is 5.23. The van der Waals surface area contributed by atoms with Gasteiger partial charge in [0.2, 0.25) is 5.91 Å². The maximum absolute atomic E-state index is 12.7. The summed E-state index contributed by atoms with van der Waals surface area (Å²) in [7, 11) is 0. The first-order valence-electron chi connectivity index (χ1n) is 5.23. The lowest BCUT2D eigenvalue weighted by Crippen LogP contribution is -2.47. The third-order valence-electron chi connectivity index (χ3n) is 2.60. The molecule has 3 nitrogen and oxygen atoms in total. The van der Waals surface area contributed by atoms with E-state index in [2.05, 4.69) is 13.2 Å². The lowest BCUT2D eigenvalue weighted by atomic mass is 10.2. The lowest BCUT2D eigenvalue weighted by Gasteiger charge is -2.36. The third kappa shape index (κ3) is 3.22. The van der Waals surface area contributed by atoms with Crippen molar-refractivity contribution in [2.45, 2.75) is 6.92 Å². The van der Waals surface area contributed by atoms with Crippen molar-refractivity contribution in [1.82, 2.24) is 9.80 Å². The van der Waals surface area contributed by atoms with Crippen LogP contribution in [0.3, 0.4) is 0 Å². The topological polar surface area (TPSA) is 23.6 Å². The van der Waals surface area contributed by atoms with Crippen molar-refractivity contribution in [1.29, 1.82) is 0 Å². The largest absolute Gasteiger partial charge is 0.368 e. The summed E-state index contributed by atoms with van der Waals surface area (Å²) in [4.78, 5) is 14.9. The molecule has 1 aliphatic rings. The Hall–Kier alpha value is -1.58. The Balaban J connectivity index is 2.61. The zero-order valence-corrected chi connectivity index (χ0v) is 9.58. The van der Waals surface area contributed by atoms with Gasteiger partial charge in [-0.25, -0.2) is 4.39 Å². The summed E-state index contributed by atoms with van der Waals surface area (Å²) < 4.78 is 12.7. The van der Waals surface area contributed by atoms with Gasteiger partial charge >= 0.3 is 0 Å². The van der Waals surface area contributed by atoms with E-state index < -0.39 is 5.83 Å². The highest BCUT2D eigenvalue weighted by Crippen LogP contribution is 2.13. The van der Waals surface area contributed by atoms with Crippen molar-refractivity contribution in [3.63, 3.8) is 0 Å². The number of piperazine rings is 1. The van der Waals surface area contributed by atoms with Gasteiger partial charge in [0.15, 0.2) is 0 Å². The molecule has 0 N–H and O–H groups in total. The fourth-order valence-corrected chi connectivity index (χ4v) is 1.72. The molecule has 1 aliphatic heterocycles. The number of allylic oxidation sites excluding steroid dienone is 3. The van der Waals surface area contributed by atoms with Crippen molar-refractivity contribution < 1.29 is 9.18 Å². The van der Waals surface area contributed by atoms with Crippen LogP contribution in [0.15, 0.2) is 36.8 Å². The van der Waals surface area contributed by atoms with Crippen LogP contribution >= 0.6 is 0 Å². The van der Waals surface area contributed by atoms with Crippen molar-refractivity contribution in [2.24, 2.45) is 0 Å². The molecule has 1 heterocycles. The molecular formula is C12H17FN2O. The van der Waals surface area contributed by atoms with Gasteiger partial charge < -0.3 is 9.80 Å². The number of rotatable bonds is 3.